The number of pyridine rings is 1. The Bertz CT molecular complexity index is 629. The van der Waals surface area contributed by atoms with Crippen molar-refractivity contribution in [1.82, 2.24) is 10.3 Å². The van der Waals surface area contributed by atoms with Crippen LogP contribution in [0.3, 0.4) is 0 Å². The Balaban J connectivity index is 2.10. The number of carbonyl (C=O) groups is 1. The number of benzene rings is 1. The molecule has 0 saturated heterocycles. The van der Waals surface area contributed by atoms with E-state index in [-0.39, 0.29) is 23.3 Å². The first kappa shape index (κ1) is 12.9. The molecular weight excluding hydrogens is 244 g/mol. The molecule has 98 valence electrons. The SMILES string of the molecule is CC(NC(=O)c1ccc(=O)[nH]c1)c1cccc(O)c1. The van der Waals surface area contributed by atoms with Crippen LogP contribution in [0.1, 0.15) is 28.9 Å². The standard InChI is InChI=1S/C14H14N2O3/c1-9(10-3-2-4-12(17)7-10)16-14(19)11-5-6-13(18)15-8-11/h2-9,17H,1H3,(H,15,18)(H,16,19). The lowest BCUT2D eigenvalue weighted by molar-refractivity contribution is 0.0939. The molecular formula is C14H14N2O3. The predicted molar refractivity (Wildman–Crippen MR) is 71.1 cm³/mol. The van der Waals surface area contributed by atoms with E-state index in [1.165, 1.54) is 18.3 Å². The molecule has 3 N–H and O–H groups in total. The summed E-state index contributed by atoms with van der Waals surface area (Å²) in [7, 11) is 0. The second kappa shape index (κ2) is 5.39. The molecule has 0 radical (unpaired) electrons. The van der Waals surface area contributed by atoms with Gasteiger partial charge in [0.2, 0.25) is 5.56 Å². The van der Waals surface area contributed by atoms with Crippen LogP contribution in [-0.4, -0.2) is 16.0 Å². The highest BCUT2D eigenvalue weighted by atomic mass is 16.3. The fourth-order valence-electron chi connectivity index (χ4n) is 1.71. The molecule has 0 aliphatic heterocycles. The monoisotopic (exact) mass is 258 g/mol. The maximum atomic E-state index is 11.9. The fraction of sp³-hybridized carbons (Fsp3) is 0.143. The van der Waals surface area contributed by atoms with Crippen LogP contribution in [0.4, 0.5) is 0 Å². The number of amides is 1. The van der Waals surface area contributed by atoms with Gasteiger partial charge in [-0.1, -0.05) is 12.1 Å². The Labute approximate surface area is 109 Å². The molecule has 1 amide bonds. The third kappa shape index (κ3) is 3.22. The van der Waals surface area contributed by atoms with Crippen molar-refractivity contribution < 1.29 is 9.90 Å². The summed E-state index contributed by atoms with van der Waals surface area (Å²) in [5.74, 6) is -0.130. The van der Waals surface area contributed by atoms with E-state index in [2.05, 4.69) is 10.3 Å². The van der Waals surface area contributed by atoms with Crippen molar-refractivity contribution in [3.05, 3.63) is 64.1 Å². The van der Waals surface area contributed by atoms with E-state index in [9.17, 15) is 14.7 Å². The van der Waals surface area contributed by atoms with E-state index in [0.717, 1.165) is 5.56 Å². The number of hydrogen-bond acceptors (Lipinski definition) is 3. The van der Waals surface area contributed by atoms with Gasteiger partial charge in [-0.3, -0.25) is 9.59 Å². The van der Waals surface area contributed by atoms with Gasteiger partial charge >= 0.3 is 0 Å². The first-order valence-electron chi connectivity index (χ1n) is 5.85. The van der Waals surface area contributed by atoms with Crippen LogP contribution in [0.25, 0.3) is 0 Å². The molecule has 1 heterocycles. The van der Waals surface area contributed by atoms with Gasteiger partial charge in [-0.2, -0.15) is 0 Å². The first-order chi connectivity index (χ1) is 9.06. The zero-order valence-corrected chi connectivity index (χ0v) is 10.4. The summed E-state index contributed by atoms with van der Waals surface area (Å²) in [6.07, 6.45) is 1.37. The van der Waals surface area contributed by atoms with Crippen LogP contribution in [0.15, 0.2) is 47.4 Å². The largest absolute Gasteiger partial charge is 0.508 e. The van der Waals surface area contributed by atoms with Crippen LogP contribution in [0.2, 0.25) is 0 Å². The summed E-state index contributed by atoms with van der Waals surface area (Å²) in [6.45, 7) is 1.82. The zero-order chi connectivity index (χ0) is 13.8. The number of aromatic hydroxyl groups is 1. The molecule has 0 aliphatic rings. The molecule has 2 aromatic rings. The van der Waals surface area contributed by atoms with Gasteiger partial charge in [-0.25, -0.2) is 0 Å². The minimum atomic E-state index is -0.285. The molecule has 1 aromatic carbocycles. The highest BCUT2D eigenvalue weighted by Gasteiger charge is 2.11. The smallest absolute Gasteiger partial charge is 0.253 e. The third-order valence-electron chi connectivity index (χ3n) is 2.76. The number of hydrogen-bond donors (Lipinski definition) is 3. The van der Waals surface area contributed by atoms with Crippen molar-refractivity contribution in [2.45, 2.75) is 13.0 Å². The summed E-state index contributed by atoms with van der Waals surface area (Å²) < 4.78 is 0. The third-order valence-corrected chi connectivity index (χ3v) is 2.76. The Hall–Kier alpha value is -2.56. The van der Waals surface area contributed by atoms with E-state index >= 15 is 0 Å². The molecule has 0 spiro atoms. The van der Waals surface area contributed by atoms with Gasteiger partial charge in [0.15, 0.2) is 0 Å². The van der Waals surface area contributed by atoms with Gasteiger partial charge in [0.05, 0.1) is 11.6 Å². The summed E-state index contributed by atoms with van der Waals surface area (Å²) in [6, 6.07) is 9.21. The van der Waals surface area contributed by atoms with Crippen molar-refractivity contribution in [3.8, 4) is 5.75 Å². The van der Waals surface area contributed by atoms with Gasteiger partial charge in [-0.15, -0.1) is 0 Å². The molecule has 1 unspecified atom stereocenters. The molecule has 19 heavy (non-hydrogen) atoms. The van der Waals surface area contributed by atoms with Gasteiger partial charge in [0.25, 0.3) is 5.91 Å². The van der Waals surface area contributed by atoms with Crippen molar-refractivity contribution in [2.24, 2.45) is 0 Å². The highest BCUT2D eigenvalue weighted by molar-refractivity contribution is 5.94. The zero-order valence-electron chi connectivity index (χ0n) is 10.4. The van der Waals surface area contributed by atoms with E-state index < -0.39 is 0 Å². The summed E-state index contributed by atoms with van der Waals surface area (Å²) in [4.78, 5) is 25.3. The van der Waals surface area contributed by atoms with Gasteiger partial charge < -0.3 is 15.4 Å². The number of H-pyrrole nitrogens is 1. The summed E-state index contributed by atoms with van der Waals surface area (Å²) in [5, 5.41) is 12.2. The lowest BCUT2D eigenvalue weighted by Crippen LogP contribution is -2.27. The molecule has 0 aliphatic carbocycles. The van der Waals surface area contributed by atoms with Crippen molar-refractivity contribution in [2.75, 3.05) is 0 Å². The molecule has 0 saturated carbocycles. The van der Waals surface area contributed by atoms with Crippen LogP contribution in [0.5, 0.6) is 5.75 Å². The Morgan fingerprint density at radius 1 is 1.32 bits per heavy atom. The lowest BCUT2D eigenvalue weighted by atomic mass is 10.1. The maximum Gasteiger partial charge on any atom is 0.253 e. The average molecular weight is 258 g/mol. The predicted octanol–water partition coefficient (Wildman–Crippen LogP) is 1.57. The van der Waals surface area contributed by atoms with Crippen molar-refractivity contribution in [3.63, 3.8) is 0 Å². The second-order valence-electron chi connectivity index (χ2n) is 4.23. The summed E-state index contributed by atoms with van der Waals surface area (Å²) in [5.41, 5.74) is 0.932. The molecule has 0 fully saturated rings. The Morgan fingerprint density at radius 3 is 2.74 bits per heavy atom. The first-order valence-corrected chi connectivity index (χ1v) is 5.85. The fourth-order valence-corrected chi connectivity index (χ4v) is 1.71. The number of phenols is 1. The molecule has 0 bridgehead atoms. The highest BCUT2D eigenvalue weighted by Crippen LogP contribution is 2.18. The van der Waals surface area contributed by atoms with E-state index in [1.807, 2.05) is 13.0 Å². The second-order valence-corrected chi connectivity index (χ2v) is 4.23. The van der Waals surface area contributed by atoms with Gasteiger partial charge in [0, 0.05) is 12.3 Å². The van der Waals surface area contributed by atoms with Crippen LogP contribution in [-0.2, 0) is 0 Å². The van der Waals surface area contributed by atoms with Crippen molar-refractivity contribution in [1.29, 1.82) is 0 Å². The minimum Gasteiger partial charge on any atom is -0.508 e. The van der Waals surface area contributed by atoms with Crippen LogP contribution >= 0.6 is 0 Å². The summed E-state index contributed by atoms with van der Waals surface area (Å²) >= 11 is 0. The maximum absolute atomic E-state index is 11.9. The lowest BCUT2D eigenvalue weighted by Gasteiger charge is -2.14. The molecule has 1 aromatic heterocycles. The molecule has 5 heteroatoms. The van der Waals surface area contributed by atoms with Crippen molar-refractivity contribution >= 4 is 5.91 Å². The minimum absolute atomic E-state index is 0.155. The average Bonchev–Trinajstić information content (AvgIpc) is 2.39. The van der Waals surface area contributed by atoms with Gasteiger partial charge in [-0.05, 0) is 30.7 Å². The number of rotatable bonds is 3. The van der Waals surface area contributed by atoms with E-state index in [0.29, 0.717) is 5.56 Å². The normalized spacial score (nSPS) is 11.8. The number of nitrogens with one attached hydrogen (secondary N) is 2. The number of aromatic nitrogens is 1. The molecule has 1 atom stereocenters. The van der Waals surface area contributed by atoms with E-state index in [1.54, 1.807) is 18.2 Å². The Morgan fingerprint density at radius 2 is 2.11 bits per heavy atom. The van der Waals surface area contributed by atoms with E-state index in [4.69, 9.17) is 0 Å². The molecule has 2 rings (SSSR count). The van der Waals surface area contributed by atoms with Crippen LogP contribution in [0, 0.1) is 0 Å². The Kier molecular flexibility index (Phi) is 3.66. The van der Waals surface area contributed by atoms with Crippen LogP contribution < -0.4 is 10.9 Å². The van der Waals surface area contributed by atoms with Gasteiger partial charge in [0.1, 0.15) is 5.75 Å². The quantitative estimate of drug-likeness (QED) is 0.781. The number of phenolic OH excluding ortho intramolecular Hbond substituents is 1. The molecule has 5 nitrogen and oxygen atoms in total. The topological polar surface area (TPSA) is 82.2 Å². The number of carbonyl (C=O) groups excluding carboxylic acids is 1. The number of aromatic amines is 1.